The minimum atomic E-state index is 0.205. The van der Waals surface area contributed by atoms with Crippen LogP contribution in [-0.4, -0.2) is 11.3 Å². The molecule has 0 radical (unpaired) electrons. The van der Waals surface area contributed by atoms with E-state index in [9.17, 15) is 0 Å². The highest BCUT2D eigenvalue weighted by molar-refractivity contribution is 8.00. The Morgan fingerprint density at radius 1 is 1.22 bits per heavy atom. The van der Waals surface area contributed by atoms with E-state index in [1.165, 1.54) is 30.6 Å². The summed E-state index contributed by atoms with van der Waals surface area (Å²) in [6.07, 6.45) is 4.96. The fourth-order valence-corrected chi connectivity index (χ4v) is 4.95. The van der Waals surface area contributed by atoms with Crippen LogP contribution in [0.25, 0.3) is 0 Å². The molecule has 0 saturated heterocycles. The third-order valence-corrected chi connectivity index (χ3v) is 6.34. The third-order valence-electron chi connectivity index (χ3n) is 4.43. The van der Waals surface area contributed by atoms with Crippen LogP contribution < -0.4 is 5.73 Å². The van der Waals surface area contributed by atoms with Gasteiger partial charge in [0.1, 0.15) is 0 Å². The molecule has 18 heavy (non-hydrogen) atoms. The van der Waals surface area contributed by atoms with Gasteiger partial charge in [-0.05, 0) is 30.4 Å². The van der Waals surface area contributed by atoms with Gasteiger partial charge in [-0.1, -0.05) is 50.4 Å². The van der Waals surface area contributed by atoms with Crippen LogP contribution in [0.1, 0.15) is 39.5 Å². The molecule has 1 nitrogen and oxygen atoms in total. The first-order valence-electron chi connectivity index (χ1n) is 6.72. The lowest BCUT2D eigenvalue weighted by Gasteiger charge is -2.55. The van der Waals surface area contributed by atoms with Crippen molar-refractivity contribution < 1.29 is 0 Å². The molecule has 0 spiro atoms. The van der Waals surface area contributed by atoms with Crippen LogP contribution in [0.5, 0.6) is 0 Å². The smallest absolute Gasteiger partial charge is 0.0542 e. The minimum absolute atomic E-state index is 0.205. The maximum Gasteiger partial charge on any atom is 0.0542 e. The first kappa shape index (κ1) is 14.2. The minimum Gasteiger partial charge on any atom is -0.329 e. The molecular formula is C15H22ClNS. The maximum absolute atomic E-state index is 6.25. The van der Waals surface area contributed by atoms with Crippen molar-refractivity contribution in [2.45, 2.75) is 49.2 Å². The maximum atomic E-state index is 6.25. The molecule has 1 aromatic carbocycles. The summed E-state index contributed by atoms with van der Waals surface area (Å²) in [5.41, 5.74) is 6.55. The molecule has 0 aromatic heterocycles. The molecule has 2 rings (SSSR count). The van der Waals surface area contributed by atoms with Gasteiger partial charge in [-0.3, -0.25) is 0 Å². The summed E-state index contributed by atoms with van der Waals surface area (Å²) < 4.78 is 0.205. The molecule has 0 aliphatic heterocycles. The van der Waals surface area contributed by atoms with Crippen LogP contribution in [0, 0.1) is 5.41 Å². The highest BCUT2D eigenvalue weighted by Gasteiger charge is 2.52. The first-order valence-corrected chi connectivity index (χ1v) is 7.92. The van der Waals surface area contributed by atoms with Crippen LogP contribution in [0.4, 0.5) is 0 Å². The summed E-state index contributed by atoms with van der Waals surface area (Å²) >= 11 is 8.13. The van der Waals surface area contributed by atoms with Gasteiger partial charge < -0.3 is 5.73 Å². The van der Waals surface area contributed by atoms with Gasteiger partial charge in [-0.15, -0.1) is 11.8 Å². The summed E-state index contributed by atoms with van der Waals surface area (Å²) in [4.78, 5) is 1.17. The number of benzene rings is 1. The fraction of sp³-hybridized carbons (Fsp3) is 0.600. The van der Waals surface area contributed by atoms with Crippen molar-refractivity contribution in [3.8, 4) is 0 Å². The molecule has 1 fully saturated rings. The second kappa shape index (κ2) is 5.44. The SMILES string of the molecule is CCC1(CC)CC(CN)(Sc2ccccc2Cl)C1. The monoisotopic (exact) mass is 283 g/mol. The van der Waals surface area contributed by atoms with Crippen molar-refractivity contribution in [2.24, 2.45) is 11.1 Å². The molecule has 0 amide bonds. The quantitative estimate of drug-likeness (QED) is 0.845. The molecular weight excluding hydrogens is 262 g/mol. The van der Waals surface area contributed by atoms with Gasteiger partial charge in [-0.25, -0.2) is 0 Å². The lowest BCUT2D eigenvalue weighted by Crippen LogP contribution is -2.53. The van der Waals surface area contributed by atoms with Crippen LogP contribution in [0.3, 0.4) is 0 Å². The molecule has 0 atom stereocenters. The number of nitrogens with two attached hydrogens (primary N) is 1. The van der Waals surface area contributed by atoms with Gasteiger partial charge in [-0.2, -0.15) is 0 Å². The number of hydrogen-bond donors (Lipinski definition) is 1. The Morgan fingerprint density at radius 3 is 2.33 bits per heavy atom. The molecule has 1 saturated carbocycles. The van der Waals surface area contributed by atoms with Crippen molar-refractivity contribution in [1.29, 1.82) is 0 Å². The molecule has 0 unspecified atom stereocenters. The van der Waals surface area contributed by atoms with E-state index in [1.807, 2.05) is 30.0 Å². The van der Waals surface area contributed by atoms with E-state index >= 15 is 0 Å². The van der Waals surface area contributed by atoms with Crippen LogP contribution in [0.2, 0.25) is 5.02 Å². The summed E-state index contributed by atoms with van der Waals surface area (Å²) in [6.45, 7) is 5.33. The van der Waals surface area contributed by atoms with Crippen molar-refractivity contribution >= 4 is 23.4 Å². The van der Waals surface area contributed by atoms with E-state index in [4.69, 9.17) is 17.3 Å². The van der Waals surface area contributed by atoms with Crippen LogP contribution in [-0.2, 0) is 0 Å². The Bertz CT molecular complexity index is 407. The van der Waals surface area contributed by atoms with E-state index < -0.39 is 0 Å². The molecule has 1 aliphatic rings. The lowest BCUT2D eigenvalue weighted by molar-refractivity contribution is 0.0750. The van der Waals surface area contributed by atoms with E-state index in [0.29, 0.717) is 5.41 Å². The number of halogens is 1. The Kier molecular flexibility index (Phi) is 4.30. The Hall–Kier alpha value is -0.180. The number of hydrogen-bond acceptors (Lipinski definition) is 2. The zero-order valence-electron chi connectivity index (χ0n) is 11.2. The number of thioether (sulfide) groups is 1. The molecule has 100 valence electrons. The third kappa shape index (κ3) is 2.56. The van der Waals surface area contributed by atoms with E-state index in [1.54, 1.807) is 0 Å². The van der Waals surface area contributed by atoms with Crippen molar-refractivity contribution in [2.75, 3.05) is 6.54 Å². The highest BCUT2D eigenvalue weighted by Crippen LogP contribution is 2.60. The summed E-state index contributed by atoms with van der Waals surface area (Å²) in [6, 6.07) is 8.08. The molecule has 0 bridgehead atoms. The van der Waals surface area contributed by atoms with Crippen molar-refractivity contribution in [1.82, 2.24) is 0 Å². The largest absolute Gasteiger partial charge is 0.329 e. The average Bonchev–Trinajstić information content (AvgIpc) is 2.36. The highest BCUT2D eigenvalue weighted by atomic mass is 35.5. The fourth-order valence-electron chi connectivity index (χ4n) is 3.08. The topological polar surface area (TPSA) is 26.0 Å². The zero-order chi connectivity index (χ0) is 13.2. The average molecular weight is 284 g/mol. The second-order valence-corrected chi connectivity index (χ2v) is 7.40. The first-order chi connectivity index (χ1) is 8.59. The lowest BCUT2D eigenvalue weighted by atomic mass is 9.58. The van der Waals surface area contributed by atoms with Gasteiger partial charge in [0.25, 0.3) is 0 Å². The molecule has 1 aromatic rings. The van der Waals surface area contributed by atoms with Crippen molar-refractivity contribution in [3.05, 3.63) is 29.3 Å². The van der Waals surface area contributed by atoms with E-state index in [2.05, 4.69) is 19.9 Å². The molecule has 0 heterocycles. The predicted octanol–water partition coefficient (Wildman–Crippen LogP) is 4.73. The Labute approximate surface area is 119 Å². The van der Waals surface area contributed by atoms with Gasteiger partial charge in [0.05, 0.1) is 5.02 Å². The summed E-state index contributed by atoms with van der Waals surface area (Å²) in [5, 5.41) is 0.848. The van der Waals surface area contributed by atoms with Gasteiger partial charge in [0, 0.05) is 16.2 Å². The molecule has 1 aliphatic carbocycles. The van der Waals surface area contributed by atoms with Gasteiger partial charge in [0.15, 0.2) is 0 Å². The normalized spacial score (nSPS) is 20.4. The van der Waals surface area contributed by atoms with Crippen LogP contribution in [0.15, 0.2) is 29.2 Å². The second-order valence-electron chi connectivity index (χ2n) is 5.48. The molecule has 3 heteroatoms. The summed E-state index contributed by atoms with van der Waals surface area (Å²) in [7, 11) is 0. The standard InChI is InChI=1S/C15H22ClNS/c1-3-14(4-2)9-15(10-14,11-17)18-13-8-6-5-7-12(13)16/h5-8H,3-4,9-11,17H2,1-2H3. The van der Waals surface area contributed by atoms with Crippen LogP contribution >= 0.6 is 23.4 Å². The summed E-state index contributed by atoms with van der Waals surface area (Å²) in [5.74, 6) is 0. The molecule has 2 N–H and O–H groups in total. The van der Waals surface area contributed by atoms with Gasteiger partial charge in [0.2, 0.25) is 0 Å². The van der Waals surface area contributed by atoms with E-state index in [-0.39, 0.29) is 4.75 Å². The van der Waals surface area contributed by atoms with Crippen molar-refractivity contribution in [3.63, 3.8) is 0 Å². The van der Waals surface area contributed by atoms with Gasteiger partial charge >= 0.3 is 0 Å². The number of rotatable bonds is 5. The van der Waals surface area contributed by atoms with E-state index in [0.717, 1.165) is 11.6 Å². The Balaban J connectivity index is 2.11. The zero-order valence-corrected chi connectivity index (χ0v) is 12.8. The predicted molar refractivity (Wildman–Crippen MR) is 81.3 cm³/mol. The Morgan fingerprint density at radius 2 is 1.83 bits per heavy atom.